The number of fused-ring (bicyclic) bond motifs is 3. The first-order valence-electron chi connectivity index (χ1n) is 9.56. The first-order valence-corrected chi connectivity index (χ1v) is 9.56. The molecule has 1 aliphatic heterocycles. The number of Topliss-reactive ketones (excluding diaryl/α,β-unsaturated/α-hetero) is 1. The minimum atomic E-state index is 0.0908. The van der Waals surface area contributed by atoms with Gasteiger partial charge in [-0.05, 0) is 53.9 Å². The van der Waals surface area contributed by atoms with E-state index in [1.54, 1.807) is 0 Å². The summed E-state index contributed by atoms with van der Waals surface area (Å²) >= 11 is 0. The molecule has 0 amide bonds. The smallest absolute Gasteiger partial charge is 0.164 e. The number of rotatable bonds is 2. The molecule has 1 heterocycles. The Morgan fingerprint density at radius 2 is 1.58 bits per heavy atom. The monoisotopic (exact) mass is 341 g/mol. The van der Waals surface area contributed by atoms with Gasteiger partial charge in [0.1, 0.15) is 0 Å². The number of benzene rings is 3. The molecule has 3 aromatic rings. The molecule has 1 saturated heterocycles. The number of piperidine rings is 1. The maximum Gasteiger partial charge on any atom is 0.164 e. The van der Waals surface area contributed by atoms with E-state index in [0.717, 1.165) is 38.0 Å². The van der Waals surface area contributed by atoms with Crippen LogP contribution in [0.2, 0.25) is 0 Å². The molecule has 5 rings (SSSR count). The summed E-state index contributed by atoms with van der Waals surface area (Å²) in [6.45, 7) is 3.12. The summed E-state index contributed by atoms with van der Waals surface area (Å²) in [5.41, 5.74) is 3.74. The summed E-state index contributed by atoms with van der Waals surface area (Å²) < 4.78 is 0. The number of nitrogens with zero attached hydrogens (tertiary/aromatic N) is 1. The van der Waals surface area contributed by atoms with E-state index in [4.69, 9.17) is 0 Å². The number of ketones is 1. The van der Waals surface area contributed by atoms with Crippen molar-refractivity contribution < 1.29 is 4.79 Å². The van der Waals surface area contributed by atoms with Gasteiger partial charge in [0.2, 0.25) is 0 Å². The Hall–Kier alpha value is -2.45. The van der Waals surface area contributed by atoms with Crippen LogP contribution in [0.25, 0.3) is 10.8 Å². The number of hydrogen-bond donors (Lipinski definition) is 0. The van der Waals surface area contributed by atoms with Gasteiger partial charge in [0, 0.05) is 23.9 Å². The molecule has 0 aromatic heterocycles. The van der Waals surface area contributed by atoms with Gasteiger partial charge in [-0.25, -0.2) is 0 Å². The van der Waals surface area contributed by atoms with Gasteiger partial charge in [0.15, 0.2) is 5.78 Å². The average molecular weight is 341 g/mol. The second-order valence-corrected chi connectivity index (χ2v) is 7.88. The molecular weight excluding hydrogens is 318 g/mol. The lowest BCUT2D eigenvalue weighted by molar-refractivity contribution is 0.0931. The van der Waals surface area contributed by atoms with E-state index < -0.39 is 0 Å². The van der Waals surface area contributed by atoms with Crippen molar-refractivity contribution in [3.05, 3.63) is 83.4 Å². The first-order chi connectivity index (χ1) is 12.7. The van der Waals surface area contributed by atoms with E-state index in [-0.39, 0.29) is 5.41 Å². The molecule has 2 aliphatic rings. The van der Waals surface area contributed by atoms with Crippen LogP contribution in [-0.2, 0) is 12.0 Å². The van der Waals surface area contributed by atoms with Gasteiger partial charge in [-0.1, -0.05) is 60.7 Å². The maximum absolute atomic E-state index is 12.4. The molecule has 0 bridgehead atoms. The number of carbonyl (C=O) groups is 1. The Morgan fingerprint density at radius 1 is 0.846 bits per heavy atom. The summed E-state index contributed by atoms with van der Waals surface area (Å²) in [4.78, 5) is 15.0. The predicted octanol–water partition coefficient (Wildman–Crippen LogP) is 4.96. The quantitative estimate of drug-likeness (QED) is 0.656. The molecule has 0 saturated carbocycles. The molecule has 0 unspecified atom stereocenters. The lowest BCUT2D eigenvalue weighted by Gasteiger charge is -2.39. The fourth-order valence-corrected chi connectivity index (χ4v) is 4.87. The number of likely N-dealkylation sites (tertiary alicyclic amines) is 1. The molecule has 0 N–H and O–H groups in total. The highest BCUT2D eigenvalue weighted by atomic mass is 16.1. The van der Waals surface area contributed by atoms with Crippen molar-refractivity contribution in [1.29, 1.82) is 0 Å². The minimum Gasteiger partial charge on any atom is -0.299 e. The molecule has 2 nitrogen and oxygen atoms in total. The van der Waals surface area contributed by atoms with Crippen LogP contribution >= 0.6 is 0 Å². The van der Waals surface area contributed by atoms with E-state index in [0.29, 0.717) is 12.2 Å². The summed E-state index contributed by atoms with van der Waals surface area (Å²) in [5.74, 6) is 0.337. The van der Waals surface area contributed by atoms with Crippen molar-refractivity contribution in [1.82, 2.24) is 4.90 Å². The van der Waals surface area contributed by atoms with E-state index in [2.05, 4.69) is 59.5 Å². The largest absolute Gasteiger partial charge is 0.299 e. The Kier molecular flexibility index (Phi) is 3.68. The third-order valence-electron chi connectivity index (χ3n) is 6.33. The van der Waals surface area contributed by atoms with Crippen molar-refractivity contribution in [2.24, 2.45) is 0 Å². The third kappa shape index (κ3) is 2.57. The van der Waals surface area contributed by atoms with Crippen molar-refractivity contribution in [3.63, 3.8) is 0 Å². The zero-order valence-electron chi connectivity index (χ0n) is 14.9. The van der Waals surface area contributed by atoms with Crippen LogP contribution < -0.4 is 0 Å². The Morgan fingerprint density at radius 3 is 2.42 bits per heavy atom. The molecule has 1 fully saturated rings. The zero-order valence-corrected chi connectivity index (χ0v) is 14.9. The van der Waals surface area contributed by atoms with Crippen molar-refractivity contribution in [2.45, 2.75) is 31.2 Å². The normalized spacial score (nSPS) is 19.2. The van der Waals surface area contributed by atoms with Gasteiger partial charge in [-0.15, -0.1) is 0 Å². The van der Waals surface area contributed by atoms with Crippen molar-refractivity contribution >= 4 is 16.6 Å². The van der Waals surface area contributed by atoms with Crippen LogP contribution in [0.1, 0.15) is 40.7 Å². The van der Waals surface area contributed by atoms with E-state index in [1.807, 2.05) is 12.1 Å². The molecule has 3 aromatic carbocycles. The summed E-state index contributed by atoms with van der Waals surface area (Å²) in [6, 6.07) is 23.6. The Balaban J connectivity index is 1.32. The van der Waals surface area contributed by atoms with Crippen molar-refractivity contribution in [2.75, 3.05) is 13.1 Å². The van der Waals surface area contributed by atoms with Crippen LogP contribution in [0.5, 0.6) is 0 Å². The van der Waals surface area contributed by atoms with Gasteiger partial charge in [0.05, 0.1) is 0 Å². The molecule has 1 spiro atoms. The van der Waals surface area contributed by atoms with Gasteiger partial charge >= 0.3 is 0 Å². The summed E-state index contributed by atoms with van der Waals surface area (Å²) in [6.07, 6.45) is 2.88. The molecule has 26 heavy (non-hydrogen) atoms. The van der Waals surface area contributed by atoms with Crippen LogP contribution in [0.4, 0.5) is 0 Å². The van der Waals surface area contributed by atoms with Crippen LogP contribution in [0, 0.1) is 0 Å². The fraction of sp³-hybridized carbons (Fsp3) is 0.292. The molecule has 1 aliphatic carbocycles. The van der Waals surface area contributed by atoms with Gasteiger partial charge in [-0.2, -0.15) is 0 Å². The van der Waals surface area contributed by atoms with Crippen LogP contribution in [-0.4, -0.2) is 23.8 Å². The minimum absolute atomic E-state index is 0.0908. The highest BCUT2D eigenvalue weighted by Crippen LogP contribution is 2.46. The van der Waals surface area contributed by atoms with E-state index in [1.165, 1.54) is 21.9 Å². The van der Waals surface area contributed by atoms with Gasteiger partial charge in [-0.3, -0.25) is 9.69 Å². The lowest BCUT2D eigenvalue weighted by atomic mass is 9.74. The fourth-order valence-electron chi connectivity index (χ4n) is 4.87. The third-order valence-corrected chi connectivity index (χ3v) is 6.33. The highest BCUT2D eigenvalue weighted by molar-refractivity contribution is 6.02. The summed E-state index contributed by atoms with van der Waals surface area (Å²) in [7, 11) is 0. The SMILES string of the molecule is O=C1CC2(CCN(Cc3ccc4ccccc4c3)CC2)c2ccccc21. The molecule has 2 heteroatoms. The maximum atomic E-state index is 12.4. The second-order valence-electron chi connectivity index (χ2n) is 7.88. The van der Waals surface area contributed by atoms with Crippen molar-refractivity contribution in [3.8, 4) is 0 Å². The topological polar surface area (TPSA) is 20.3 Å². The summed E-state index contributed by atoms with van der Waals surface area (Å²) in [5, 5.41) is 2.61. The predicted molar refractivity (Wildman–Crippen MR) is 106 cm³/mol. The number of hydrogen-bond acceptors (Lipinski definition) is 2. The Bertz CT molecular complexity index is 982. The van der Waals surface area contributed by atoms with E-state index in [9.17, 15) is 4.79 Å². The molecule has 0 atom stereocenters. The zero-order chi connectivity index (χ0) is 17.6. The molecule has 0 radical (unpaired) electrons. The number of carbonyl (C=O) groups excluding carboxylic acids is 1. The van der Waals surface area contributed by atoms with Gasteiger partial charge in [0.25, 0.3) is 0 Å². The molecule has 130 valence electrons. The highest BCUT2D eigenvalue weighted by Gasteiger charge is 2.44. The van der Waals surface area contributed by atoms with Crippen LogP contribution in [0.15, 0.2) is 66.7 Å². The van der Waals surface area contributed by atoms with E-state index >= 15 is 0 Å². The Labute approximate surface area is 154 Å². The first kappa shape index (κ1) is 15.8. The standard InChI is InChI=1S/C24H23NO/c26-23-16-24(22-8-4-3-7-21(22)23)11-13-25(14-12-24)17-18-9-10-19-5-1-2-6-20(19)15-18/h1-10,15H,11-14,16-17H2. The average Bonchev–Trinajstić information content (AvgIpc) is 2.96. The van der Waals surface area contributed by atoms with Gasteiger partial charge < -0.3 is 0 Å². The molecular formula is C24H23NO. The lowest BCUT2D eigenvalue weighted by Crippen LogP contribution is -2.41. The van der Waals surface area contributed by atoms with Crippen LogP contribution in [0.3, 0.4) is 0 Å². The second kappa shape index (κ2) is 6.07.